The number of nitrogens with one attached hydrogen (secondary N) is 1. The Balaban J connectivity index is 1.78. The smallest absolute Gasteiger partial charge is 0.188 e. The van der Waals surface area contributed by atoms with Gasteiger partial charge in [-0.05, 0) is 37.3 Å². The molecule has 0 saturated heterocycles. The van der Waals surface area contributed by atoms with Crippen LogP contribution in [0.3, 0.4) is 0 Å². The van der Waals surface area contributed by atoms with Crippen molar-refractivity contribution in [3.8, 4) is 23.1 Å². The number of nitrogens with two attached hydrogens (primary N) is 1. The van der Waals surface area contributed by atoms with E-state index in [2.05, 4.69) is 31.8 Å². The molecule has 0 spiro atoms. The number of hydrogen-bond acceptors (Lipinski definition) is 9. The molecule has 0 radical (unpaired) electrons. The highest BCUT2D eigenvalue weighted by Gasteiger charge is 2.29. The zero-order valence-corrected chi connectivity index (χ0v) is 17.2. The molecule has 5 rings (SSSR count). The number of aryl methyl sites for hydroxylation is 1. The number of rotatable bonds is 0. The van der Waals surface area contributed by atoms with Gasteiger partial charge in [-0.1, -0.05) is 0 Å². The number of fused-ring (bicyclic) bond motifs is 7. The Labute approximate surface area is 182 Å². The van der Waals surface area contributed by atoms with Crippen molar-refractivity contribution in [1.82, 2.24) is 20.0 Å². The van der Waals surface area contributed by atoms with Gasteiger partial charge in [0.1, 0.15) is 35.5 Å². The zero-order chi connectivity index (χ0) is 22.4. The van der Waals surface area contributed by atoms with Gasteiger partial charge < -0.3 is 15.8 Å². The lowest BCUT2D eigenvalue weighted by Gasteiger charge is -2.32. The molecule has 0 saturated carbocycles. The second kappa shape index (κ2) is 7.35. The summed E-state index contributed by atoms with van der Waals surface area (Å²) >= 11 is 0. The third-order valence-electron chi connectivity index (χ3n) is 5.29. The lowest BCUT2D eigenvalue weighted by Crippen LogP contribution is -2.38. The maximum absolute atomic E-state index is 14.2. The summed E-state index contributed by atoms with van der Waals surface area (Å²) in [7, 11) is 1.67. The molecule has 32 heavy (non-hydrogen) atoms. The monoisotopic (exact) mass is 431 g/mol. The first-order chi connectivity index (χ1) is 15.5. The first-order valence-corrected chi connectivity index (χ1v) is 9.79. The van der Waals surface area contributed by atoms with Crippen LogP contribution in [-0.4, -0.2) is 32.4 Å². The Morgan fingerprint density at radius 2 is 2.12 bits per heavy atom. The van der Waals surface area contributed by atoms with Crippen LogP contribution in [0.2, 0.25) is 0 Å². The normalized spacial score (nSPS) is 18.8. The Morgan fingerprint density at radius 1 is 1.28 bits per heavy atom. The summed E-state index contributed by atoms with van der Waals surface area (Å²) in [6.07, 6.45) is 4.23. The predicted octanol–water partition coefficient (Wildman–Crippen LogP) is 2.72. The largest absolute Gasteiger partial charge is 0.482 e. The molecular weight excluding hydrogens is 413 g/mol. The molecule has 2 aliphatic heterocycles. The number of hydrazone groups is 1. The molecule has 10 nitrogen and oxygen atoms in total. The number of anilines is 3. The minimum Gasteiger partial charge on any atom is -0.482 e. The number of hydrogen-bond donors (Lipinski definition) is 2. The molecule has 11 heteroatoms. The summed E-state index contributed by atoms with van der Waals surface area (Å²) < 4.78 is 21.8. The van der Waals surface area contributed by atoms with Crippen molar-refractivity contribution < 1.29 is 9.13 Å². The van der Waals surface area contributed by atoms with E-state index in [1.807, 2.05) is 6.08 Å². The Hall–Kier alpha value is -4.46. The number of ether oxygens (including phenoxy) is 1. The third kappa shape index (κ3) is 3.09. The van der Waals surface area contributed by atoms with E-state index in [-0.39, 0.29) is 11.6 Å². The predicted molar refractivity (Wildman–Crippen MR) is 116 cm³/mol. The first kappa shape index (κ1) is 19.5. The van der Waals surface area contributed by atoms with Gasteiger partial charge in [-0.15, -0.1) is 10.2 Å². The van der Waals surface area contributed by atoms with Crippen LogP contribution in [0.4, 0.5) is 21.7 Å². The molecular formula is C21H18FN9O. The van der Waals surface area contributed by atoms with Crippen molar-refractivity contribution in [1.29, 1.82) is 5.26 Å². The Morgan fingerprint density at radius 3 is 2.94 bits per heavy atom. The highest BCUT2D eigenvalue weighted by Crippen LogP contribution is 2.38. The van der Waals surface area contributed by atoms with E-state index < -0.39 is 18.1 Å². The van der Waals surface area contributed by atoms with Crippen molar-refractivity contribution >= 4 is 23.5 Å². The number of aromatic nitrogens is 4. The van der Waals surface area contributed by atoms with Crippen LogP contribution < -0.4 is 20.8 Å². The van der Waals surface area contributed by atoms with Gasteiger partial charge in [0.05, 0.1) is 11.3 Å². The van der Waals surface area contributed by atoms with Crippen molar-refractivity contribution in [2.24, 2.45) is 12.1 Å². The number of nitrogen functional groups attached to an aromatic ring is 1. The van der Waals surface area contributed by atoms with Crippen LogP contribution in [0.5, 0.6) is 5.75 Å². The van der Waals surface area contributed by atoms with Gasteiger partial charge in [0.25, 0.3) is 0 Å². The molecule has 3 N–H and O–H groups in total. The minimum atomic E-state index is -0.593. The molecule has 160 valence electrons. The number of nitrogens with zero attached hydrogens (tertiary/aromatic N) is 7. The quantitative estimate of drug-likeness (QED) is 0.556. The van der Waals surface area contributed by atoms with Crippen LogP contribution >= 0.6 is 0 Å². The second-order valence-electron chi connectivity index (χ2n) is 7.33. The van der Waals surface area contributed by atoms with E-state index in [0.717, 1.165) is 0 Å². The van der Waals surface area contributed by atoms with Crippen LogP contribution in [0, 0.1) is 17.1 Å². The summed E-state index contributed by atoms with van der Waals surface area (Å²) in [4.78, 5) is 0. The van der Waals surface area contributed by atoms with Crippen molar-refractivity contribution in [2.75, 3.05) is 16.1 Å². The standard InChI is InChI=1S/C21H18FN9O/c1-11-13-8-12(22)5-6-15(13)31-18(4-3-7-25-31)26-21-19(16(10-23)30(2)29-21)14-9-17(32-11)20(24)28-27-14/h3-9,11,18H,1-2H3,(H2,24,28)(H,26,29). The van der Waals surface area contributed by atoms with Crippen LogP contribution in [-0.2, 0) is 7.05 Å². The lowest BCUT2D eigenvalue weighted by molar-refractivity contribution is 0.227. The van der Waals surface area contributed by atoms with E-state index >= 15 is 0 Å². The van der Waals surface area contributed by atoms with Crippen molar-refractivity contribution in [3.63, 3.8) is 0 Å². The summed E-state index contributed by atoms with van der Waals surface area (Å²) in [5.41, 5.74) is 8.33. The molecule has 4 heterocycles. The van der Waals surface area contributed by atoms with E-state index in [1.54, 1.807) is 43.4 Å². The van der Waals surface area contributed by atoms with E-state index in [4.69, 9.17) is 10.5 Å². The van der Waals surface area contributed by atoms with Crippen LogP contribution in [0.15, 0.2) is 41.5 Å². The Kier molecular flexibility index (Phi) is 4.48. The molecule has 2 aliphatic rings. The average Bonchev–Trinajstić information content (AvgIpc) is 3.09. The molecule has 3 aromatic rings. The molecule has 2 atom stereocenters. The number of halogens is 1. The summed E-state index contributed by atoms with van der Waals surface area (Å²) in [5, 5.41) is 31.9. The van der Waals surface area contributed by atoms with E-state index in [1.165, 1.54) is 16.8 Å². The second-order valence-corrected chi connectivity index (χ2v) is 7.33. The third-order valence-corrected chi connectivity index (χ3v) is 5.29. The minimum absolute atomic E-state index is 0.0734. The van der Waals surface area contributed by atoms with Gasteiger partial charge in [-0.25, -0.2) is 9.40 Å². The van der Waals surface area contributed by atoms with E-state index in [9.17, 15) is 9.65 Å². The zero-order valence-electron chi connectivity index (χ0n) is 17.2. The molecule has 2 aromatic heterocycles. The first-order valence-electron chi connectivity index (χ1n) is 9.79. The van der Waals surface area contributed by atoms with Gasteiger partial charge in [-0.2, -0.15) is 15.5 Å². The maximum Gasteiger partial charge on any atom is 0.188 e. The fourth-order valence-corrected chi connectivity index (χ4v) is 3.79. The number of benzene rings is 1. The highest BCUT2D eigenvalue weighted by atomic mass is 19.1. The number of allylic oxidation sites excluding steroid dienone is 1. The van der Waals surface area contributed by atoms with Crippen LogP contribution in [0.25, 0.3) is 11.3 Å². The highest BCUT2D eigenvalue weighted by molar-refractivity contribution is 5.81. The summed E-state index contributed by atoms with van der Waals surface area (Å²) in [6.45, 7) is 1.78. The van der Waals surface area contributed by atoms with Crippen molar-refractivity contribution in [2.45, 2.75) is 19.2 Å². The maximum atomic E-state index is 14.2. The molecule has 2 bridgehead atoms. The molecule has 0 aliphatic carbocycles. The molecule has 1 aromatic carbocycles. The number of nitriles is 1. The molecule has 2 unspecified atom stereocenters. The fraction of sp³-hybridized carbons (Fsp3) is 0.190. The SMILES string of the molecule is CC1Oc2cc(nnc2N)-c2c(nn(C)c2C#N)NC2C=CC=NN2c2ccc(F)cc21. The lowest BCUT2D eigenvalue weighted by atomic mass is 10.1. The fourth-order valence-electron chi connectivity index (χ4n) is 3.79. The van der Waals surface area contributed by atoms with Gasteiger partial charge in [-0.3, -0.25) is 4.68 Å². The average molecular weight is 431 g/mol. The summed E-state index contributed by atoms with van der Waals surface area (Å²) in [5.74, 6) is 0.336. The molecule has 0 fully saturated rings. The van der Waals surface area contributed by atoms with Gasteiger partial charge in [0.15, 0.2) is 17.4 Å². The van der Waals surface area contributed by atoms with Gasteiger partial charge >= 0.3 is 0 Å². The Bertz CT molecular complexity index is 1320. The van der Waals surface area contributed by atoms with Crippen molar-refractivity contribution in [3.05, 3.63) is 53.5 Å². The summed E-state index contributed by atoms with van der Waals surface area (Å²) in [6, 6.07) is 8.17. The van der Waals surface area contributed by atoms with Gasteiger partial charge in [0.2, 0.25) is 0 Å². The van der Waals surface area contributed by atoms with E-state index in [0.29, 0.717) is 34.0 Å². The van der Waals surface area contributed by atoms with Gasteiger partial charge in [0, 0.05) is 24.9 Å². The topological polar surface area (TPSA) is 130 Å². The molecule has 0 amide bonds. The van der Waals surface area contributed by atoms with Crippen LogP contribution in [0.1, 0.15) is 24.3 Å².